The van der Waals surface area contributed by atoms with Crippen LogP contribution in [0.25, 0.3) is 0 Å². The van der Waals surface area contributed by atoms with Gasteiger partial charge in [0, 0.05) is 6.54 Å². The van der Waals surface area contributed by atoms with E-state index in [1.807, 2.05) is 6.92 Å². The van der Waals surface area contributed by atoms with Crippen molar-refractivity contribution in [1.29, 1.82) is 0 Å². The lowest BCUT2D eigenvalue weighted by molar-refractivity contribution is -0.137. The second kappa shape index (κ2) is 6.44. The molecular formula is C10H18ClF3N2O. The molecule has 1 amide bonds. The second-order valence-corrected chi connectivity index (χ2v) is 4.09. The summed E-state index contributed by atoms with van der Waals surface area (Å²) < 4.78 is 35.7. The van der Waals surface area contributed by atoms with Crippen LogP contribution in [0.1, 0.15) is 32.6 Å². The molecule has 0 spiro atoms. The highest BCUT2D eigenvalue weighted by molar-refractivity contribution is 5.86. The van der Waals surface area contributed by atoms with Crippen LogP contribution < -0.4 is 10.6 Å². The van der Waals surface area contributed by atoms with Crippen LogP contribution in [0.15, 0.2) is 0 Å². The van der Waals surface area contributed by atoms with E-state index in [2.05, 4.69) is 10.6 Å². The first kappa shape index (κ1) is 16.5. The van der Waals surface area contributed by atoms with Crippen LogP contribution in [-0.2, 0) is 4.79 Å². The second-order valence-electron chi connectivity index (χ2n) is 4.09. The summed E-state index contributed by atoms with van der Waals surface area (Å²) in [6, 6.07) is 0. The molecule has 0 aromatic carbocycles. The first-order chi connectivity index (χ1) is 7.40. The number of hydrogen-bond acceptors (Lipinski definition) is 2. The lowest BCUT2D eigenvalue weighted by atomic mass is 9.93. The maximum absolute atomic E-state index is 11.9. The van der Waals surface area contributed by atoms with Crippen LogP contribution in [0.4, 0.5) is 13.2 Å². The van der Waals surface area contributed by atoms with E-state index in [0.29, 0.717) is 12.8 Å². The van der Waals surface area contributed by atoms with Gasteiger partial charge in [0.15, 0.2) is 0 Å². The fraction of sp³-hybridized carbons (Fsp3) is 0.900. The SMILES string of the molecule is CCC1(C(=O)NCCC(F)(F)F)CCCN1.Cl. The van der Waals surface area contributed by atoms with E-state index >= 15 is 0 Å². The Morgan fingerprint density at radius 3 is 2.53 bits per heavy atom. The van der Waals surface area contributed by atoms with Crippen molar-refractivity contribution in [2.45, 2.75) is 44.3 Å². The summed E-state index contributed by atoms with van der Waals surface area (Å²) in [5, 5.41) is 5.43. The van der Waals surface area contributed by atoms with Gasteiger partial charge in [-0.2, -0.15) is 13.2 Å². The van der Waals surface area contributed by atoms with Gasteiger partial charge in [0.2, 0.25) is 5.91 Å². The van der Waals surface area contributed by atoms with Gasteiger partial charge in [-0.1, -0.05) is 6.92 Å². The third-order valence-corrected chi connectivity index (χ3v) is 2.98. The predicted octanol–water partition coefficient (Wildman–Crippen LogP) is 2.01. The standard InChI is InChI=1S/C10H17F3N2O.ClH/c1-2-9(4-3-6-15-9)8(16)14-7-5-10(11,12)13;/h15H,2-7H2,1H3,(H,14,16);1H. The number of halogens is 4. The Morgan fingerprint density at radius 1 is 1.47 bits per heavy atom. The molecular weight excluding hydrogens is 257 g/mol. The normalized spacial score (nSPS) is 24.2. The van der Waals surface area contributed by atoms with Crippen molar-refractivity contribution >= 4 is 18.3 Å². The Morgan fingerprint density at radius 2 is 2.12 bits per heavy atom. The van der Waals surface area contributed by atoms with E-state index < -0.39 is 18.1 Å². The van der Waals surface area contributed by atoms with E-state index in [-0.39, 0.29) is 24.9 Å². The quantitative estimate of drug-likeness (QED) is 0.823. The molecule has 1 saturated heterocycles. The Balaban J connectivity index is 0.00000256. The lowest BCUT2D eigenvalue weighted by Gasteiger charge is -2.26. The fourth-order valence-electron chi connectivity index (χ4n) is 1.95. The Kier molecular flexibility index (Phi) is 6.26. The van der Waals surface area contributed by atoms with Crippen LogP contribution in [0.2, 0.25) is 0 Å². The van der Waals surface area contributed by atoms with E-state index in [4.69, 9.17) is 0 Å². The van der Waals surface area contributed by atoms with Crippen molar-refractivity contribution in [3.63, 3.8) is 0 Å². The summed E-state index contributed by atoms with van der Waals surface area (Å²) in [5.74, 6) is -0.309. The molecule has 1 rings (SSSR count). The molecule has 0 saturated carbocycles. The van der Waals surface area contributed by atoms with E-state index in [1.54, 1.807) is 0 Å². The van der Waals surface area contributed by atoms with E-state index in [0.717, 1.165) is 13.0 Å². The van der Waals surface area contributed by atoms with Crippen LogP contribution in [0.5, 0.6) is 0 Å². The highest BCUT2D eigenvalue weighted by Crippen LogP contribution is 2.23. The van der Waals surface area contributed by atoms with Crippen LogP contribution >= 0.6 is 12.4 Å². The third kappa shape index (κ3) is 4.71. The number of alkyl halides is 3. The van der Waals surface area contributed by atoms with Gasteiger partial charge in [0.05, 0.1) is 12.0 Å². The summed E-state index contributed by atoms with van der Waals surface area (Å²) in [6.45, 7) is 2.27. The molecule has 0 bridgehead atoms. The monoisotopic (exact) mass is 274 g/mol. The highest BCUT2D eigenvalue weighted by atomic mass is 35.5. The molecule has 1 atom stereocenters. The summed E-state index contributed by atoms with van der Waals surface area (Å²) in [6.07, 6.45) is -3.00. The molecule has 1 heterocycles. The molecule has 0 aromatic heterocycles. The van der Waals surface area contributed by atoms with Crippen LogP contribution in [0, 0.1) is 0 Å². The average Bonchev–Trinajstić information content (AvgIpc) is 2.65. The smallest absolute Gasteiger partial charge is 0.354 e. The zero-order chi connectivity index (χ0) is 12.2. The molecule has 3 nitrogen and oxygen atoms in total. The molecule has 1 unspecified atom stereocenters. The summed E-state index contributed by atoms with van der Waals surface area (Å²) in [5.41, 5.74) is -0.647. The fourth-order valence-corrected chi connectivity index (χ4v) is 1.95. The van der Waals surface area contributed by atoms with Gasteiger partial charge in [-0.05, 0) is 25.8 Å². The first-order valence-electron chi connectivity index (χ1n) is 5.50. The first-order valence-corrected chi connectivity index (χ1v) is 5.50. The van der Waals surface area contributed by atoms with Gasteiger partial charge < -0.3 is 10.6 Å². The minimum absolute atomic E-state index is 0. The summed E-state index contributed by atoms with van der Waals surface area (Å²) in [7, 11) is 0. The number of hydrogen-bond donors (Lipinski definition) is 2. The number of nitrogens with one attached hydrogen (secondary N) is 2. The summed E-state index contributed by atoms with van der Waals surface area (Å²) in [4.78, 5) is 11.7. The average molecular weight is 275 g/mol. The van der Waals surface area contributed by atoms with Crippen molar-refractivity contribution in [2.75, 3.05) is 13.1 Å². The van der Waals surface area contributed by atoms with Crippen molar-refractivity contribution < 1.29 is 18.0 Å². The molecule has 2 N–H and O–H groups in total. The van der Waals surface area contributed by atoms with Crippen molar-refractivity contribution in [2.24, 2.45) is 0 Å². The van der Waals surface area contributed by atoms with Gasteiger partial charge in [-0.3, -0.25) is 4.79 Å². The molecule has 17 heavy (non-hydrogen) atoms. The number of carbonyl (C=O) groups is 1. The molecule has 1 aliphatic rings. The van der Waals surface area contributed by atoms with Gasteiger partial charge in [0.1, 0.15) is 0 Å². The molecule has 0 aliphatic carbocycles. The van der Waals surface area contributed by atoms with Gasteiger partial charge in [-0.25, -0.2) is 0 Å². The molecule has 1 fully saturated rings. The van der Waals surface area contributed by atoms with Crippen molar-refractivity contribution in [3.8, 4) is 0 Å². The number of rotatable bonds is 4. The zero-order valence-corrected chi connectivity index (χ0v) is 10.5. The minimum atomic E-state index is -4.21. The maximum Gasteiger partial charge on any atom is 0.390 e. The Bertz CT molecular complexity index is 252. The topological polar surface area (TPSA) is 41.1 Å². The predicted molar refractivity (Wildman–Crippen MR) is 61.2 cm³/mol. The van der Waals surface area contributed by atoms with E-state index in [9.17, 15) is 18.0 Å². The minimum Gasteiger partial charge on any atom is -0.354 e. The van der Waals surface area contributed by atoms with Gasteiger partial charge >= 0.3 is 6.18 Å². The van der Waals surface area contributed by atoms with Gasteiger partial charge in [0.25, 0.3) is 0 Å². The molecule has 0 aromatic rings. The Labute approximate surface area is 105 Å². The molecule has 7 heteroatoms. The van der Waals surface area contributed by atoms with Crippen molar-refractivity contribution in [1.82, 2.24) is 10.6 Å². The summed E-state index contributed by atoms with van der Waals surface area (Å²) >= 11 is 0. The highest BCUT2D eigenvalue weighted by Gasteiger charge is 2.39. The molecule has 1 aliphatic heterocycles. The largest absolute Gasteiger partial charge is 0.390 e. The Hall–Kier alpha value is -0.490. The molecule has 0 radical (unpaired) electrons. The number of amides is 1. The van der Waals surface area contributed by atoms with Crippen LogP contribution in [-0.4, -0.2) is 30.7 Å². The van der Waals surface area contributed by atoms with E-state index in [1.165, 1.54) is 0 Å². The molecule has 102 valence electrons. The van der Waals surface area contributed by atoms with Crippen LogP contribution in [0.3, 0.4) is 0 Å². The maximum atomic E-state index is 11.9. The van der Waals surface area contributed by atoms with Crippen molar-refractivity contribution in [3.05, 3.63) is 0 Å². The third-order valence-electron chi connectivity index (χ3n) is 2.98. The lowest BCUT2D eigenvalue weighted by Crippen LogP contribution is -2.53. The van der Waals surface area contributed by atoms with Gasteiger partial charge in [-0.15, -0.1) is 12.4 Å². The zero-order valence-electron chi connectivity index (χ0n) is 9.69. The number of carbonyl (C=O) groups excluding carboxylic acids is 1.